The van der Waals surface area contributed by atoms with Gasteiger partial charge < -0.3 is 4.90 Å². The van der Waals surface area contributed by atoms with Gasteiger partial charge in [0.2, 0.25) is 5.91 Å². The second kappa shape index (κ2) is 8.55. The number of piperidine rings is 1. The Labute approximate surface area is 176 Å². The maximum Gasteiger partial charge on any atom is 0.226 e. The van der Waals surface area contributed by atoms with Gasteiger partial charge in [-0.25, -0.2) is 8.78 Å². The van der Waals surface area contributed by atoms with E-state index in [4.69, 9.17) is 11.6 Å². The van der Waals surface area contributed by atoms with E-state index in [2.05, 4.69) is 10.2 Å². The summed E-state index contributed by atoms with van der Waals surface area (Å²) in [4.78, 5) is 14.4. The smallest absolute Gasteiger partial charge is 0.226 e. The van der Waals surface area contributed by atoms with Gasteiger partial charge in [-0.15, -0.1) is 10.2 Å². The van der Waals surface area contributed by atoms with Crippen molar-refractivity contribution in [2.75, 3.05) is 13.1 Å². The number of carbonyl (C=O) groups is 1. The number of nitrogens with zero attached hydrogens (tertiary/aromatic N) is 3. The van der Waals surface area contributed by atoms with Crippen molar-refractivity contribution in [3.63, 3.8) is 0 Å². The van der Waals surface area contributed by atoms with Crippen LogP contribution < -0.4 is 0 Å². The van der Waals surface area contributed by atoms with Gasteiger partial charge in [0.1, 0.15) is 16.6 Å². The number of aromatic nitrogens is 2. The Morgan fingerprint density at radius 3 is 2.52 bits per heavy atom. The molecular weight excluding hydrogens is 416 g/mol. The zero-order valence-corrected chi connectivity index (χ0v) is 17.0. The zero-order chi connectivity index (χ0) is 20.4. The van der Waals surface area contributed by atoms with Gasteiger partial charge in [-0.2, -0.15) is 0 Å². The first-order chi connectivity index (χ1) is 14.0. The van der Waals surface area contributed by atoms with Crippen LogP contribution in [0.2, 0.25) is 5.02 Å². The maximum absolute atomic E-state index is 14.0. The molecule has 1 amide bonds. The number of halogens is 3. The molecule has 1 aliphatic heterocycles. The molecule has 8 heteroatoms. The van der Waals surface area contributed by atoms with Crippen LogP contribution in [-0.2, 0) is 11.2 Å². The lowest BCUT2D eigenvalue weighted by atomic mass is 9.97. The molecule has 4 rings (SSSR count). The number of likely N-dealkylation sites (tertiary alicyclic amines) is 1. The zero-order valence-electron chi connectivity index (χ0n) is 15.4. The van der Waals surface area contributed by atoms with E-state index < -0.39 is 11.6 Å². The number of hydrogen-bond donors (Lipinski definition) is 0. The summed E-state index contributed by atoms with van der Waals surface area (Å²) in [7, 11) is 0. The van der Waals surface area contributed by atoms with Crippen LogP contribution in [0.1, 0.15) is 29.3 Å². The van der Waals surface area contributed by atoms with Crippen LogP contribution >= 0.6 is 22.9 Å². The van der Waals surface area contributed by atoms with Gasteiger partial charge in [-0.3, -0.25) is 4.79 Å². The largest absolute Gasteiger partial charge is 0.342 e. The standard InChI is InChI=1S/C21H18ClF2N3OS/c22-15-3-1-13(2-4-15)11-19(28)27-9-7-14(8-10-27)20-25-26-21(29-20)17-6-5-16(23)12-18(17)24/h1-6,12,14H,7-11H2. The van der Waals surface area contributed by atoms with Crippen molar-refractivity contribution in [2.24, 2.45) is 0 Å². The van der Waals surface area contributed by atoms with Crippen LogP contribution in [0.4, 0.5) is 8.78 Å². The predicted molar refractivity (Wildman–Crippen MR) is 109 cm³/mol. The average Bonchev–Trinajstić information content (AvgIpc) is 3.20. The number of benzene rings is 2. The summed E-state index contributed by atoms with van der Waals surface area (Å²) in [6, 6.07) is 10.7. The van der Waals surface area contributed by atoms with Crippen LogP contribution in [-0.4, -0.2) is 34.1 Å². The third-order valence-corrected chi connectivity index (χ3v) is 6.44. The molecule has 150 valence electrons. The van der Waals surface area contributed by atoms with Gasteiger partial charge in [0.15, 0.2) is 5.01 Å². The summed E-state index contributed by atoms with van der Waals surface area (Å²) >= 11 is 7.21. The molecule has 0 radical (unpaired) electrons. The van der Waals surface area contributed by atoms with Gasteiger partial charge >= 0.3 is 0 Å². The third-order valence-electron chi connectivity index (χ3n) is 5.07. The minimum Gasteiger partial charge on any atom is -0.342 e. The van der Waals surface area contributed by atoms with Crippen LogP contribution in [0.5, 0.6) is 0 Å². The average molecular weight is 434 g/mol. The van der Waals surface area contributed by atoms with Crippen LogP contribution in [0.25, 0.3) is 10.6 Å². The molecule has 0 spiro atoms. The second-order valence-electron chi connectivity index (χ2n) is 7.03. The highest BCUT2D eigenvalue weighted by atomic mass is 35.5. The SMILES string of the molecule is O=C(Cc1ccc(Cl)cc1)N1CCC(c2nnc(-c3ccc(F)cc3F)s2)CC1. The molecule has 4 nitrogen and oxygen atoms in total. The van der Waals surface area contributed by atoms with Crippen molar-refractivity contribution < 1.29 is 13.6 Å². The first kappa shape index (κ1) is 19.9. The summed E-state index contributed by atoms with van der Waals surface area (Å²) in [5.41, 5.74) is 1.20. The van der Waals surface area contributed by atoms with Crippen molar-refractivity contribution in [1.29, 1.82) is 0 Å². The Bertz CT molecular complexity index is 1020. The minimum absolute atomic E-state index is 0.0945. The van der Waals surface area contributed by atoms with Crippen molar-refractivity contribution in [3.05, 3.63) is 69.7 Å². The molecule has 0 unspecified atom stereocenters. The Hall–Kier alpha value is -2.38. The molecule has 1 fully saturated rings. The molecule has 0 N–H and O–H groups in total. The molecule has 0 atom stereocenters. The molecule has 0 saturated carbocycles. The van der Waals surface area contributed by atoms with Gasteiger partial charge in [0, 0.05) is 35.7 Å². The first-order valence-corrected chi connectivity index (χ1v) is 10.5. The van der Waals surface area contributed by atoms with Crippen molar-refractivity contribution in [1.82, 2.24) is 15.1 Å². The fraction of sp³-hybridized carbons (Fsp3) is 0.286. The van der Waals surface area contributed by atoms with E-state index in [0.29, 0.717) is 29.5 Å². The summed E-state index contributed by atoms with van der Waals surface area (Å²) in [5, 5.41) is 10.2. The van der Waals surface area contributed by atoms with E-state index in [1.807, 2.05) is 17.0 Å². The highest BCUT2D eigenvalue weighted by molar-refractivity contribution is 7.14. The van der Waals surface area contributed by atoms with Crippen molar-refractivity contribution in [2.45, 2.75) is 25.2 Å². The summed E-state index contributed by atoms with van der Waals surface area (Å²) in [6.45, 7) is 1.30. The van der Waals surface area contributed by atoms with Gasteiger partial charge in [-0.1, -0.05) is 35.1 Å². The number of rotatable bonds is 4. The minimum atomic E-state index is -0.643. The lowest BCUT2D eigenvalue weighted by molar-refractivity contribution is -0.131. The fourth-order valence-corrected chi connectivity index (χ4v) is 4.60. The Morgan fingerprint density at radius 1 is 1.10 bits per heavy atom. The molecule has 2 heterocycles. The molecule has 1 saturated heterocycles. The summed E-state index contributed by atoms with van der Waals surface area (Å²) in [5.74, 6) is -0.983. The molecule has 29 heavy (non-hydrogen) atoms. The Balaban J connectivity index is 1.36. The van der Waals surface area contributed by atoms with E-state index >= 15 is 0 Å². The Morgan fingerprint density at radius 2 is 1.83 bits per heavy atom. The quantitative estimate of drug-likeness (QED) is 0.576. The lowest BCUT2D eigenvalue weighted by Crippen LogP contribution is -2.38. The van der Waals surface area contributed by atoms with E-state index in [-0.39, 0.29) is 17.4 Å². The Kier molecular flexibility index (Phi) is 5.87. The normalized spacial score (nSPS) is 14.9. The number of amides is 1. The van der Waals surface area contributed by atoms with Gasteiger partial charge in [0.05, 0.1) is 6.42 Å². The highest BCUT2D eigenvalue weighted by Crippen LogP contribution is 2.34. The molecule has 0 aliphatic carbocycles. The molecule has 2 aromatic carbocycles. The van der Waals surface area contributed by atoms with Crippen molar-refractivity contribution in [3.8, 4) is 10.6 Å². The monoisotopic (exact) mass is 433 g/mol. The van der Waals surface area contributed by atoms with Crippen LogP contribution in [0.15, 0.2) is 42.5 Å². The predicted octanol–water partition coefficient (Wildman–Crippen LogP) is 5.09. The number of carbonyl (C=O) groups excluding carboxylic acids is 1. The topological polar surface area (TPSA) is 46.1 Å². The van der Waals surface area contributed by atoms with E-state index in [0.717, 1.165) is 29.5 Å². The third kappa shape index (κ3) is 4.62. The van der Waals surface area contributed by atoms with Crippen molar-refractivity contribution >= 4 is 28.8 Å². The summed E-state index contributed by atoms with van der Waals surface area (Å²) < 4.78 is 27.1. The highest BCUT2D eigenvalue weighted by Gasteiger charge is 2.26. The molecule has 1 aliphatic rings. The molecular formula is C21H18ClF2N3OS. The molecule has 1 aromatic heterocycles. The van der Waals surface area contributed by atoms with E-state index in [1.165, 1.54) is 23.5 Å². The summed E-state index contributed by atoms with van der Waals surface area (Å²) in [6.07, 6.45) is 1.93. The fourth-order valence-electron chi connectivity index (χ4n) is 3.44. The first-order valence-electron chi connectivity index (χ1n) is 9.30. The molecule has 3 aromatic rings. The van der Waals surface area contributed by atoms with E-state index in [9.17, 15) is 13.6 Å². The second-order valence-corrected chi connectivity index (χ2v) is 8.47. The van der Waals surface area contributed by atoms with Crippen LogP contribution in [0.3, 0.4) is 0 Å². The van der Waals surface area contributed by atoms with Gasteiger partial charge in [0.25, 0.3) is 0 Å². The van der Waals surface area contributed by atoms with E-state index in [1.54, 1.807) is 12.1 Å². The van der Waals surface area contributed by atoms with Gasteiger partial charge in [-0.05, 0) is 42.7 Å². The number of hydrogen-bond acceptors (Lipinski definition) is 4. The molecule has 0 bridgehead atoms. The van der Waals surface area contributed by atoms with Crippen LogP contribution in [0, 0.1) is 11.6 Å². The maximum atomic E-state index is 14.0. The lowest BCUT2D eigenvalue weighted by Gasteiger charge is -2.31.